The van der Waals surface area contributed by atoms with Gasteiger partial charge in [0.25, 0.3) is 0 Å². The Balaban J connectivity index is 1.57. The molecule has 27 heavy (non-hydrogen) atoms. The highest BCUT2D eigenvalue weighted by molar-refractivity contribution is 7.89. The van der Waals surface area contributed by atoms with Crippen molar-refractivity contribution in [3.8, 4) is 0 Å². The SMILES string of the molecule is O=C(CCc1cccc(Cl)c1)N1CCN(S(=O)(=O)c2ccccc2F)CC1. The van der Waals surface area contributed by atoms with E-state index < -0.39 is 15.8 Å². The summed E-state index contributed by atoms with van der Waals surface area (Å²) in [5.74, 6) is -0.796. The highest BCUT2D eigenvalue weighted by Crippen LogP contribution is 2.21. The van der Waals surface area contributed by atoms with Crippen molar-refractivity contribution in [1.82, 2.24) is 9.21 Å². The van der Waals surface area contributed by atoms with Crippen LogP contribution in [-0.2, 0) is 21.2 Å². The summed E-state index contributed by atoms with van der Waals surface area (Å²) in [7, 11) is -3.90. The van der Waals surface area contributed by atoms with Crippen LogP contribution in [0.4, 0.5) is 4.39 Å². The Bertz CT molecular complexity index is 928. The molecule has 1 heterocycles. The molecule has 1 saturated heterocycles. The number of carbonyl (C=O) groups is 1. The van der Waals surface area contributed by atoms with Crippen LogP contribution in [0.2, 0.25) is 5.02 Å². The van der Waals surface area contributed by atoms with Crippen molar-refractivity contribution in [2.75, 3.05) is 26.2 Å². The predicted octanol–water partition coefficient (Wildman–Crippen LogP) is 2.94. The van der Waals surface area contributed by atoms with Gasteiger partial charge in [0.1, 0.15) is 10.7 Å². The van der Waals surface area contributed by atoms with E-state index >= 15 is 0 Å². The van der Waals surface area contributed by atoms with Gasteiger partial charge < -0.3 is 4.90 Å². The zero-order chi connectivity index (χ0) is 19.4. The van der Waals surface area contributed by atoms with Crippen molar-refractivity contribution in [3.63, 3.8) is 0 Å². The van der Waals surface area contributed by atoms with Crippen LogP contribution >= 0.6 is 11.6 Å². The first-order valence-electron chi connectivity index (χ1n) is 8.65. The zero-order valence-electron chi connectivity index (χ0n) is 14.6. The summed E-state index contributed by atoms with van der Waals surface area (Å²) in [5, 5.41) is 0.631. The second-order valence-corrected chi connectivity index (χ2v) is 8.69. The van der Waals surface area contributed by atoms with Gasteiger partial charge in [-0.2, -0.15) is 4.31 Å². The summed E-state index contributed by atoms with van der Waals surface area (Å²) in [5.41, 5.74) is 0.983. The maximum atomic E-state index is 13.9. The van der Waals surface area contributed by atoms with Crippen molar-refractivity contribution >= 4 is 27.5 Å². The largest absolute Gasteiger partial charge is 0.340 e. The lowest BCUT2D eigenvalue weighted by molar-refractivity contribution is -0.132. The number of hydrogen-bond acceptors (Lipinski definition) is 3. The molecule has 5 nitrogen and oxygen atoms in total. The third-order valence-electron chi connectivity index (χ3n) is 4.56. The fourth-order valence-corrected chi connectivity index (χ4v) is 4.77. The van der Waals surface area contributed by atoms with E-state index in [1.807, 2.05) is 18.2 Å². The van der Waals surface area contributed by atoms with E-state index in [9.17, 15) is 17.6 Å². The smallest absolute Gasteiger partial charge is 0.246 e. The van der Waals surface area contributed by atoms with Gasteiger partial charge in [-0.05, 0) is 36.2 Å². The van der Waals surface area contributed by atoms with Gasteiger partial charge in [-0.25, -0.2) is 12.8 Å². The van der Waals surface area contributed by atoms with E-state index in [1.54, 1.807) is 11.0 Å². The summed E-state index contributed by atoms with van der Waals surface area (Å²) in [4.78, 5) is 13.7. The quantitative estimate of drug-likeness (QED) is 0.761. The van der Waals surface area contributed by atoms with Crippen molar-refractivity contribution in [3.05, 3.63) is 64.9 Å². The summed E-state index contributed by atoms with van der Waals surface area (Å²) >= 11 is 5.94. The van der Waals surface area contributed by atoms with Crippen LogP contribution in [0, 0.1) is 5.82 Å². The number of benzene rings is 2. The molecule has 0 atom stereocenters. The highest BCUT2D eigenvalue weighted by Gasteiger charge is 2.31. The number of hydrogen-bond donors (Lipinski definition) is 0. The van der Waals surface area contributed by atoms with Crippen LogP contribution < -0.4 is 0 Å². The number of rotatable bonds is 5. The van der Waals surface area contributed by atoms with Crippen LogP contribution in [0.25, 0.3) is 0 Å². The number of nitrogens with zero attached hydrogens (tertiary/aromatic N) is 2. The molecule has 0 radical (unpaired) electrons. The molecule has 1 aliphatic rings. The normalized spacial score (nSPS) is 15.7. The molecule has 0 aliphatic carbocycles. The van der Waals surface area contributed by atoms with Crippen LogP contribution in [-0.4, -0.2) is 49.7 Å². The minimum absolute atomic E-state index is 0.0297. The van der Waals surface area contributed by atoms with Crippen molar-refractivity contribution < 1.29 is 17.6 Å². The van der Waals surface area contributed by atoms with Crippen LogP contribution in [0.5, 0.6) is 0 Å². The molecule has 0 aromatic heterocycles. The van der Waals surface area contributed by atoms with Gasteiger partial charge in [0, 0.05) is 37.6 Å². The fraction of sp³-hybridized carbons (Fsp3) is 0.316. The standard InChI is InChI=1S/C19H20ClFN2O3S/c20-16-5-3-4-15(14-16)8-9-19(24)22-10-12-23(13-11-22)27(25,26)18-7-2-1-6-17(18)21/h1-7,14H,8-13H2. The van der Waals surface area contributed by atoms with Crippen molar-refractivity contribution in [2.45, 2.75) is 17.7 Å². The highest BCUT2D eigenvalue weighted by atomic mass is 35.5. The molecule has 1 aliphatic heterocycles. The number of sulfonamides is 1. The molecular formula is C19H20ClFN2O3S. The van der Waals surface area contributed by atoms with E-state index in [4.69, 9.17) is 11.6 Å². The molecule has 1 amide bonds. The fourth-order valence-electron chi connectivity index (χ4n) is 3.07. The number of carbonyl (C=O) groups excluding carboxylic acids is 1. The summed E-state index contributed by atoms with van der Waals surface area (Å²) in [6.45, 7) is 0.892. The first kappa shape index (κ1) is 19.8. The Kier molecular flexibility index (Phi) is 6.14. The molecule has 0 spiro atoms. The minimum atomic E-state index is -3.90. The van der Waals surface area contributed by atoms with Crippen LogP contribution in [0.15, 0.2) is 53.4 Å². The monoisotopic (exact) mass is 410 g/mol. The Morgan fingerprint density at radius 3 is 2.41 bits per heavy atom. The minimum Gasteiger partial charge on any atom is -0.340 e. The Labute approximate surface area is 163 Å². The van der Waals surface area contributed by atoms with Gasteiger partial charge in [0.05, 0.1) is 0 Å². The second kappa shape index (κ2) is 8.37. The van der Waals surface area contributed by atoms with Crippen molar-refractivity contribution in [1.29, 1.82) is 0 Å². The number of piperazine rings is 1. The van der Waals surface area contributed by atoms with Gasteiger partial charge in [-0.15, -0.1) is 0 Å². The number of amides is 1. The second-order valence-electron chi connectivity index (χ2n) is 6.35. The molecular weight excluding hydrogens is 391 g/mol. The lowest BCUT2D eigenvalue weighted by Crippen LogP contribution is -2.50. The first-order chi connectivity index (χ1) is 12.9. The van der Waals surface area contributed by atoms with E-state index in [-0.39, 0.29) is 23.9 Å². The third kappa shape index (κ3) is 4.66. The topological polar surface area (TPSA) is 57.7 Å². The van der Waals surface area contributed by atoms with Gasteiger partial charge in [-0.3, -0.25) is 4.79 Å². The first-order valence-corrected chi connectivity index (χ1v) is 10.5. The van der Waals surface area contributed by atoms with E-state index in [1.165, 1.54) is 22.5 Å². The van der Waals surface area contributed by atoms with Crippen LogP contribution in [0.3, 0.4) is 0 Å². The molecule has 0 bridgehead atoms. The average Bonchev–Trinajstić information content (AvgIpc) is 2.66. The maximum absolute atomic E-state index is 13.9. The molecule has 3 rings (SSSR count). The number of aryl methyl sites for hydroxylation is 1. The molecule has 0 saturated carbocycles. The third-order valence-corrected chi connectivity index (χ3v) is 6.73. The molecule has 1 fully saturated rings. The lowest BCUT2D eigenvalue weighted by Gasteiger charge is -2.34. The number of halogens is 2. The lowest BCUT2D eigenvalue weighted by atomic mass is 10.1. The molecule has 2 aromatic rings. The summed E-state index contributed by atoms with van der Waals surface area (Å²) < 4.78 is 40.3. The molecule has 8 heteroatoms. The van der Waals surface area contributed by atoms with E-state index in [0.29, 0.717) is 31.0 Å². The van der Waals surface area contributed by atoms with Gasteiger partial charge >= 0.3 is 0 Å². The van der Waals surface area contributed by atoms with E-state index in [2.05, 4.69) is 0 Å². The molecule has 2 aromatic carbocycles. The van der Waals surface area contributed by atoms with Gasteiger partial charge in [0.15, 0.2) is 0 Å². The Hall–Kier alpha value is -1.96. The van der Waals surface area contributed by atoms with Gasteiger partial charge in [-0.1, -0.05) is 35.9 Å². The maximum Gasteiger partial charge on any atom is 0.246 e. The summed E-state index contributed by atoms with van der Waals surface area (Å²) in [6.07, 6.45) is 0.910. The Morgan fingerprint density at radius 1 is 1.04 bits per heavy atom. The summed E-state index contributed by atoms with van der Waals surface area (Å²) in [6, 6.07) is 12.7. The van der Waals surface area contributed by atoms with Crippen LogP contribution in [0.1, 0.15) is 12.0 Å². The van der Waals surface area contributed by atoms with E-state index in [0.717, 1.165) is 11.6 Å². The van der Waals surface area contributed by atoms with Gasteiger partial charge in [0.2, 0.25) is 15.9 Å². The average molecular weight is 411 g/mol. The molecule has 144 valence electrons. The zero-order valence-corrected chi connectivity index (χ0v) is 16.2. The molecule has 0 unspecified atom stereocenters. The molecule has 0 N–H and O–H groups in total. The Morgan fingerprint density at radius 2 is 1.74 bits per heavy atom. The predicted molar refractivity (Wildman–Crippen MR) is 102 cm³/mol. The van der Waals surface area contributed by atoms with Crippen molar-refractivity contribution in [2.24, 2.45) is 0 Å².